The van der Waals surface area contributed by atoms with Gasteiger partial charge in [-0.15, -0.1) is 0 Å². The van der Waals surface area contributed by atoms with Crippen LogP contribution in [0.3, 0.4) is 0 Å². The summed E-state index contributed by atoms with van der Waals surface area (Å²) >= 11 is 0. The molecule has 0 saturated carbocycles. The van der Waals surface area contributed by atoms with Gasteiger partial charge in [0, 0.05) is 20.0 Å². The van der Waals surface area contributed by atoms with Gasteiger partial charge in [-0.05, 0) is 37.1 Å². The summed E-state index contributed by atoms with van der Waals surface area (Å²) in [7, 11) is -2.35. The van der Waals surface area contributed by atoms with Crippen molar-refractivity contribution in [3.05, 3.63) is 95.6 Å². The van der Waals surface area contributed by atoms with Gasteiger partial charge in [0.2, 0.25) is 21.8 Å². The second-order valence-electron chi connectivity index (χ2n) is 9.00. The fraction of sp³-hybridized carbons (Fsp3) is 0.310. The van der Waals surface area contributed by atoms with Gasteiger partial charge in [0.15, 0.2) is 0 Å². The maximum atomic E-state index is 14.0. The average Bonchev–Trinajstić information content (AvgIpc) is 2.90. The largest absolute Gasteiger partial charge is 0.492 e. The summed E-state index contributed by atoms with van der Waals surface area (Å²) in [6, 6.07) is 22.9. The molecule has 38 heavy (non-hydrogen) atoms. The standard InChI is InChI=1S/C29H35N3O5S/c1-5-37-27-14-10-9-13-25(27)32(38(4,35)36)21-28(33)31(20-24-17-15-22(2)16-18-24)26(29(34)30-3)19-23-11-7-6-8-12-23/h6-18,26H,5,19-21H2,1-4H3,(H,30,34). The molecule has 0 radical (unpaired) electrons. The molecule has 3 rings (SSSR count). The molecule has 202 valence electrons. The molecule has 1 unspecified atom stereocenters. The van der Waals surface area contributed by atoms with Crippen LogP contribution in [0.25, 0.3) is 0 Å². The Kier molecular flexibility index (Phi) is 9.90. The highest BCUT2D eigenvalue weighted by Crippen LogP contribution is 2.30. The molecule has 1 atom stereocenters. The zero-order valence-electron chi connectivity index (χ0n) is 22.3. The quantitative estimate of drug-likeness (QED) is 0.381. The Morgan fingerprint density at radius 1 is 0.921 bits per heavy atom. The van der Waals surface area contributed by atoms with E-state index in [0.29, 0.717) is 12.4 Å². The average molecular weight is 538 g/mol. The van der Waals surface area contributed by atoms with Gasteiger partial charge in [-0.3, -0.25) is 13.9 Å². The minimum absolute atomic E-state index is 0.134. The number of anilines is 1. The van der Waals surface area contributed by atoms with Crippen molar-refractivity contribution in [2.45, 2.75) is 32.9 Å². The van der Waals surface area contributed by atoms with Crippen LogP contribution in [0.5, 0.6) is 5.75 Å². The van der Waals surface area contributed by atoms with Gasteiger partial charge < -0.3 is 15.0 Å². The van der Waals surface area contributed by atoms with Crippen LogP contribution in [0, 0.1) is 6.92 Å². The first kappa shape index (κ1) is 28.7. The Balaban J connectivity index is 2.04. The summed E-state index contributed by atoms with van der Waals surface area (Å²) in [5, 5.41) is 2.67. The molecule has 0 spiro atoms. The van der Waals surface area contributed by atoms with E-state index in [4.69, 9.17) is 4.74 Å². The molecular weight excluding hydrogens is 502 g/mol. The molecule has 8 nitrogen and oxygen atoms in total. The van der Waals surface area contributed by atoms with E-state index >= 15 is 0 Å². The van der Waals surface area contributed by atoms with Gasteiger partial charge in [0.25, 0.3) is 0 Å². The number of hydrogen-bond acceptors (Lipinski definition) is 5. The number of rotatable bonds is 12. The number of para-hydroxylation sites is 2. The second-order valence-corrected chi connectivity index (χ2v) is 10.9. The lowest BCUT2D eigenvalue weighted by Gasteiger charge is -2.33. The summed E-state index contributed by atoms with van der Waals surface area (Å²) in [5.74, 6) is -0.493. The SMILES string of the molecule is CCOc1ccccc1N(CC(=O)N(Cc1ccc(C)cc1)C(Cc1ccccc1)C(=O)NC)S(C)(=O)=O. The fourth-order valence-electron chi connectivity index (χ4n) is 4.15. The highest BCUT2D eigenvalue weighted by atomic mass is 32.2. The van der Waals surface area contributed by atoms with E-state index in [1.165, 1.54) is 11.9 Å². The molecule has 3 aromatic rings. The van der Waals surface area contributed by atoms with E-state index in [0.717, 1.165) is 27.3 Å². The van der Waals surface area contributed by atoms with Crippen LogP contribution in [0.1, 0.15) is 23.6 Å². The minimum Gasteiger partial charge on any atom is -0.492 e. The number of sulfonamides is 1. The van der Waals surface area contributed by atoms with E-state index in [-0.39, 0.29) is 24.6 Å². The van der Waals surface area contributed by atoms with Gasteiger partial charge in [-0.25, -0.2) is 8.42 Å². The third-order valence-electron chi connectivity index (χ3n) is 6.10. The van der Waals surface area contributed by atoms with E-state index in [9.17, 15) is 18.0 Å². The Bertz CT molecular complexity index is 1330. The van der Waals surface area contributed by atoms with Crippen LogP contribution in [-0.2, 0) is 32.6 Å². The van der Waals surface area contributed by atoms with Crippen LogP contribution < -0.4 is 14.4 Å². The van der Waals surface area contributed by atoms with Crippen molar-refractivity contribution >= 4 is 27.5 Å². The van der Waals surface area contributed by atoms with E-state index in [1.54, 1.807) is 31.2 Å². The second kappa shape index (κ2) is 13.1. The van der Waals surface area contributed by atoms with Crippen molar-refractivity contribution in [3.8, 4) is 5.75 Å². The molecule has 0 fully saturated rings. The van der Waals surface area contributed by atoms with Gasteiger partial charge in [-0.2, -0.15) is 0 Å². The zero-order valence-corrected chi connectivity index (χ0v) is 23.1. The first-order valence-corrected chi connectivity index (χ1v) is 14.3. The maximum absolute atomic E-state index is 14.0. The molecule has 9 heteroatoms. The van der Waals surface area contributed by atoms with Crippen molar-refractivity contribution in [2.24, 2.45) is 0 Å². The number of hydrogen-bond donors (Lipinski definition) is 1. The van der Waals surface area contributed by atoms with E-state index < -0.39 is 28.5 Å². The van der Waals surface area contributed by atoms with Crippen molar-refractivity contribution in [1.29, 1.82) is 0 Å². The lowest BCUT2D eigenvalue weighted by atomic mass is 10.0. The summed E-state index contributed by atoms with van der Waals surface area (Å²) in [5.41, 5.74) is 3.03. The number of benzene rings is 3. The Labute approximate surface area is 225 Å². The van der Waals surface area contributed by atoms with Crippen LogP contribution >= 0.6 is 0 Å². The maximum Gasteiger partial charge on any atom is 0.244 e. The first-order valence-electron chi connectivity index (χ1n) is 12.4. The van der Waals surface area contributed by atoms with Crippen molar-refractivity contribution < 1.29 is 22.7 Å². The summed E-state index contributed by atoms with van der Waals surface area (Å²) in [6.45, 7) is 3.74. The van der Waals surface area contributed by atoms with Gasteiger partial charge in [0.05, 0.1) is 18.6 Å². The number of aryl methyl sites for hydroxylation is 1. The lowest BCUT2D eigenvalue weighted by Crippen LogP contribution is -2.52. The predicted molar refractivity (Wildman–Crippen MR) is 150 cm³/mol. The number of nitrogens with one attached hydrogen (secondary N) is 1. The molecule has 0 aliphatic heterocycles. The van der Waals surface area contributed by atoms with Crippen LogP contribution in [0.2, 0.25) is 0 Å². The third kappa shape index (κ3) is 7.58. The monoisotopic (exact) mass is 537 g/mol. The van der Waals surface area contributed by atoms with E-state index in [1.807, 2.05) is 61.5 Å². The molecule has 3 aromatic carbocycles. The van der Waals surface area contributed by atoms with E-state index in [2.05, 4.69) is 5.32 Å². The minimum atomic E-state index is -3.87. The predicted octanol–water partition coefficient (Wildman–Crippen LogP) is 3.55. The highest BCUT2D eigenvalue weighted by molar-refractivity contribution is 7.92. The number of carbonyl (C=O) groups is 2. The number of amides is 2. The topological polar surface area (TPSA) is 96.0 Å². The number of carbonyl (C=O) groups excluding carboxylic acids is 2. The Hall–Kier alpha value is -3.85. The van der Waals surface area contributed by atoms with Crippen LogP contribution in [0.15, 0.2) is 78.9 Å². The fourth-order valence-corrected chi connectivity index (χ4v) is 5.00. The molecule has 1 N–H and O–H groups in total. The Morgan fingerprint density at radius 2 is 1.55 bits per heavy atom. The van der Waals surface area contributed by atoms with Gasteiger partial charge in [-0.1, -0.05) is 72.3 Å². The summed E-state index contributed by atoms with van der Waals surface area (Å²) in [6.07, 6.45) is 1.32. The smallest absolute Gasteiger partial charge is 0.244 e. The van der Waals surface area contributed by atoms with Crippen LogP contribution in [0.4, 0.5) is 5.69 Å². The summed E-state index contributed by atoms with van der Waals surface area (Å²) < 4.78 is 32.5. The molecule has 0 bridgehead atoms. The van der Waals surface area contributed by atoms with Gasteiger partial charge in [0.1, 0.15) is 18.3 Å². The number of ether oxygens (including phenoxy) is 1. The van der Waals surface area contributed by atoms with Gasteiger partial charge >= 0.3 is 0 Å². The van der Waals surface area contributed by atoms with Crippen molar-refractivity contribution in [3.63, 3.8) is 0 Å². The lowest BCUT2D eigenvalue weighted by molar-refractivity contribution is -0.139. The molecule has 2 amide bonds. The molecule has 0 aliphatic carbocycles. The molecule has 0 saturated heterocycles. The number of likely N-dealkylation sites (N-methyl/N-ethyl adjacent to an activating group) is 1. The Morgan fingerprint density at radius 3 is 2.16 bits per heavy atom. The third-order valence-corrected chi connectivity index (χ3v) is 7.23. The molecule has 0 heterocycles. The molecule has 0 aromatic heterocycles. The normalized spacial score (nSPS) is 11.9. The van der Waals surface area contributed by atoms with Crippen molar-refractivity contribution in [1.82, 2.24) is 10.2 Å². The first-order chi connectivity index (χ1) is 18.1. The summed E-state index contributed by atoms with van der Waals surface area (Å²) in [4.78, 5) is 28.6. The molecular formula is C29H35N3O5S. The zero-order chi connectivity index (χ0) is 27.7. The number of nitrogens with zero attached hydrogens (tertiary/aromatic N) is 2. The highest BCUT2D eigenvalue weighted by Gasteiger charge is 2.33. The van der Waals surface area contributed by atoms with Crippen molar-refractivity contribution in [2.75, 3.05) is 30.8 Å². The van der Waals surface area contributed by atoms with Crippen LogP contribution in [-0.4, -0.2) is 57.6 Å². The molecule has 0 aliphatic rings.